The summed E-state index contributed by atoms with van der Waals surface area (Å²) in [5.74, 6) is 1.84. The van der Waals surface area contributed by atoms with Crippen molar-refractivity contribution in [1.82, 2.24) is 0 Å². The lowest BCUT2D eigenvalue weighted by molar-refractivity contribution is 0.306. The zero-order valence-electron chi connectivity index (χ0n) is 15.4. The van der Waals surface area contributed by atoms with Crippen molar-refractivity contribution in [1.29, 1.82) is 0 Å². The monoisotopic (exact) mass is 334 g/mol. The summed E-state index contributed by atoms with van der Waals surface area (Å²) in [5, 5.41) is 0. The van der Waals surface area contributed by atoms with Crippen molar-refractivity contribution in [3.05, 3.63) is 71.8 Å². The van der Waals surface area contributed by atoms with Crippen LogP contribution in [0.15, 0.2) is 60.7 Å². The Labute approximate surface area is 152 Å². The van der Waals surface area contributed by atoms with Gasteiger partial charge in [0.25, 0.3) is 0 Å². The van der Waals surface area contributed by atoms with Crippen molar-refractivity contribution >= 4 is 5.57 Å². The first-order valence-corrected chi connectivity index (χ1v) is 9.81. The number of allylic oxidation sites excluding steroid dienone is 2. The highest BCUT2D eigenvalue weighted by atomic mass is 16.5. The maximum absolute atomic E-state index is 5.82. The fourth-order valence-corrected chi connectivity index (χ4v) is 3.59. The Morgan fingerprint density at radius 2 is 1.76 bits per heavy atom. The molecule has 0 N–H and O–H groups in total. The minimum Gasteiger partial charge on any atom is -0.489 e. The van der Waals surface area contributed by atoms with E-state index in [1.165, 1.54) is 61.6 Å². The van der Waals surface area contributed by atoms with E-state index in [1.807, 2.05) is 30.3 Å². The molecule has 0 aromatic heterocycles. The van der Waals surface area contributed by atoms with Gasteiger partial charge in [-0.05, 0) is 54.0 Å². The van der Waals surface area contributed by atoms with Crippen LogP contribution in [0, 0.1) is 5.92 Å². The summed E-state index contributed by atoms with van der Waals surface area (Å²) in [5.41, 5.74) is 4.14. The topological polar surface area (TPSA) is 9.23 Å². The summed E-state index contributed by atoms with van der Waals surface area (Å²) >= 11 is 0. The Kier molecular flexibility index (Phi) is 6.73. The third-order valence-corrected chi connectivity index (χ3v) is 5.21. The fourth-order valence-electron chi connectivity index (χ4n) is 3.59. The fraction of sp³-hybridized carbons (Fsp3) is 0.417. The second-order valence-corrected chi connectivity index (χ2v) is 7.16. The van der Waals surface area contributed by atoms with Gasteiger partial charge >= 0.3 is 0 Å². The van der Waals surface area contributed by atoms with Gasteiger partial charge in [0.2, 0.25) is 0 Å². The molecule has 0 bridgehead atoms. The molecule has 0 spiro atoms. The van der Waals surface area contributed by atoms with Gasteiger partial charge in [-0.25, -0.2) is 0 Å². The molecule has 1 aliphatic carbocycles. The third-order valence-electron chi connectivity index (χ3n) is 5.21. The smallest absolute Gasteiger partial charge is 0.119 e. The van der Waals surface area contributed by atoms with E-state index in [0.29, 0.717) is 6.61 Å². The van der Waals surface area contributed by atoms with E-state index in [0.717, 1.165) is 11.7 Å². The van der Waals surface area contributed by atoms with Crippen LogP contribution in [-0.2, 0) is 6.61 Å². The molecule has 2 aromatic carbocycles. The number of ether oxygens (including phenoxy) is 1. The molecule has 0 radical (unpaired) electrons. The van der Waals surface area contributed by atoms with E-state index in [1.54, 1.807) is 0 Å². The molecule has 132 valence electrons. The van der Waals surface area contributed by atoms with E-state index < -0.39 is 0 Å². The van der Waals surface area contributed by atoms with Crippen molar-refractivity contribution in [2.45, 2.75) is 58.5 Å². The quantitative estimate of drug-likeness (QED) is 0.471. The first-order chi connectivity index (χ1) is 12.3. The molecule has 1 heteroatoms. The van der Waals surface area contributed by atoms with Crippen LogP contribution in [0.1, 0.15) is 63.0 Å². The number of benzene rings is 2. The summed E-state index contributed by atoms with van der Waals surface area (Å²) < 4.78 is 5.82. The number of hydrogen-bond acceptors (Lipinski definition) is 1. The lowest BCUT2D eigenvalue weighted by atomic mass is 9.84. The Morgan fingerprint density at radius 1 is 0.960 bits per heavy atom. The summed E-state index contributed by atoms with van der Waals surface area (Å²) in [6.07, 6.45) is 11.9. The molecule has 0 aliphatic heterocycles. The van der Waals surface area contributed by atoms with Gasteiger partial charge in [0, 0.05) is 0 Å². The third kappa shape index (κ3) is 5.49. The SMILES string of the molecule is CCCCCC1CC=C(c2ccc(COc3ccccc3)cc2)CC1. The molecular weight excluding hydrogens is 304 g/mol. The minimum absolute atomic E-state index is 0.628. The Bertz CT molecular complexity index is 654. The maximum Gasteiger partial charge on any atom is 0.119 e. The number of unbranched alkanes of at least 4 members (excludes halogenated alkanes) is 2. The maximum atomic E-state index is 5.82. The molecule has 3 rings (SSSR count). The van der Waals surface area contributed by atoms with Crippen LogP contribution in [0.25, 0.3) is 5.57 Å². The van der Waals surface area contributed by atoms with E-state index >= 15 is 0 Å². The number of rotatable bonds is 8. The van der Waals surface area contributed by atoms with Gasteiger partial charge in [-0.3, -0.25) is 0 Å². The van der Waals surface area contributed by atoms with Crippen LogP contribution in [-0.4, -0.2) is 0 Å². The standard InChI is InChI=1S/C24H30O/c1-2-3-5-8-20-11-15-22(16-12-20)23-17-13-21(14-18-23)19-25-24-9-6-4-7-10-24/h4,6-7,9-10,13-15,17-18,20H,2-3,5,8,11-12,16,19H2,1H3. The molecule has 0 saturated carbocycles. The molecule has 0 heterocycles. The van der Waals surface area contributed by atoms with Crippen LogP contribution in [0.5, 0.6) is 5.75 Å². The molecule has 0 saturated heterocycles. The van der Waals surface area contributed by atoms with E-state index in [2.05, 4.69) is 37.3 Å². The normalized spacial score (nSPS) is 17.2. The average molecular weight is 335 g/mol. The average Bonchev–Trinajstić information content (AvgIpc) is 2.68. The van der Waals surface area contributed by atoms with Crippen LogP contribution >= 0.6 is 0 Å². The Balaban J connectivity index is 1.50. The molecule has 0 amide bonds. The molecule has 0 fully saturated rings. The summed E-state index contributed by atoms with van der Waals surface area (Å²) in [6.45, 7) is 2.91. The lowest BCUT2D eigenvalue weighted by Gasteiger charge is -2.22. The van der Waals surface area contributed by atoms with E-state index in [-0.39, 0.29) is 0 Å². The molecular formula is C24H30O. The van der Waals surface area contributed by atoms with Crippen LogP contribution in [0.3, 0.4) is 0 Å². The predicted molar refractivity (Wildman–Crippen MR) is 107 cm³/mol. The van der Waals surface area contributed by atoms with Gasteiger partial charge in [-0.1, -0.05) is 81.1 Å². The molecule has 1 aliphatic rings. The van der Waals surface area contributed by atoms with Crippen molar-refractivity contribution < 1.29 is 4.74 Å². The zero-order valence-corrected chi connectivity index (χ0v) is 15.4. The largest absolute Gasteiger partial charge is 0.489 e. The second kappa shape index (κ2) is 9.46. The van der Waals surface area contributed by atoms with Crippen molar-refractivity contribution in [3.8, 4) is 5.75 Å². The molecule has 1 nitrogen and oxygen atoms in total. The number of hydrogen-bond donors (Lipinski definition) is 0. The minimum atomic E-state index is 0.628. The summed E-state index contributed by atoms with van der Waals surface area (Å²) in [6, 6.07) is 18.9. The van der Waals surface area contributed by atoms with Gasteiger partial charge in [0.1, 0.15) is 12.4 Å². The Morgan fingerprint density at radius 3 is 2.44 bits per heavy atom. The van der Waals surface area contributed by atoms with Crippen LogP contribution < -0.4 is 4.74 Å². The van der Waals surface area contributed by atoms with Gasteiger partial charge < -0.3 is 4.74 Å². The summed E-state index contributed by atoms with van der Waals surface area (Å²) in [4.78, 5) is 0. The highest BCUT2D eigenvalue weighted by Crippen LogP contribution is 2.32. The summed E-state index contributed by atoms with van der Waals surface area (Å²) in [7, 11) is 0. The van der Waals surface area contributed by atoms with Crippen LogP contribution in [0.2, 0.25) is 0 Å². The second-order valence-electron chi connectivity index (χ2n) is 7.16. The zero-order chi connectivity index (χ0) is 17.3. The predicted octanol–water partition coefficient (Wildman–Crippen LogP) is 7.03. The van der Waals surface area contributed by atoms with Crippen molar-refractivity contribution in [3.63, 3.8) is 0 Å². The first-order valence-electron chi connectivity index (χ1n) is 9.81. The van der Waals surface area contributed by atoms with E-state index in [4.69, 9.17) is 4.74 Å². The van der Waals surface area contributed by atoms with Crippen LogP contribution in [0.4, 0.5) is 0 Å². The first kappa shape index (κ1) is 17.8. The highest BCUT2D eigenvalue weighted by molar-refractivity contribution is 5.66. The lowest BCUT2D eigenvalue weighted by Crippen LogP contribution is -2.05. The van der Waals surface area contributed by atoms with Crippen molar-refractivity contribution in [2.75, 3.05) is 0 Å². The Hall–Kier alpha value is -2.02. The van der Waals surface area contributed by atoms with Crippen molar-refractivity contribution in [2.24, 2.45) is 5.92 Å². The molecule has 25 heavy (non-hydrogen) atoms. The highest BCUT2D eigenvalue weighted by Gasteiger charge is 2.15. The van der Waals surface area contributed by atoms with Gasteiger partial charge in [-0.2, -0.15) is 0 Å². The molecule has 1 atom stereocenters. The molecule has 2 aromatic rings. The molecule has 1 unspecified atom stereocenters. The number of para-hydroxylation sites is 1. The van der Waals surface area contributed by atoms with Gasteiger partial charge in [0.05, 0.1) is 0 Å². The van der Waals surface area contributed by atoms with Gasteiger partial charge in [0.15, 0.2) is 0 Å². The van der Waals surface area contributed by atoms with Gasteiger partial charge in [-0.15, -0.1) is 0 Å². The van der Waals surface area contributed by atoms with E-state index in [9.17, 15) is 0 Å².